The lowest BCUT2D eigenvalue weighted by molar-refractivity contribution is 0.266. The normalized spacial score (nSPS) is 9.58. The van der Waals surface area contributed by atoms with E-state index in [9.17, 15) is 4.79 Å². The summed E-state index contributed by atoms with van der Waals surface area (Å²) in [6, 6.07) is 7.71. The van der Waals surface area contributed by atoms with Crippen LogP contribution in [0.5, 0.6) is 0 Å². The van der Waals surface area contributed by atoms with Gasteiger partial charge in [-0.05, 0) is 19.1 Å². The molecule has 1 amide bonds. The fourth-order valence-electron chi connectivity index (χ4n) is 0.879. The molecule has 0 aliphatic rings. The fraction of sp³-hybridized carbons (Fsp3) is 0.222. The Morgan fingerprint density at radius 2 is 1.83 bits per heavy atom. The third-order valence-corrected chi connectivity index (χ3v) is 2.01. The Balaban J connectivity index is 2.89. The zero-order valence-corrected chi connectivity index (χ0v) is 8.01. The molecule has 0 unspecified atom stereocenters. The van der Waals surface area contributed by atoms with Crippen LogP contribution in [0.25, 0.3) is 0 Å². The molecule has 3 heteroatoms. The van der Waals surface area contributed by atoms with Crippen LogP contribution in [-0.2, 0) is 0 Å². The summed E-state index contributed by atoms with van der Waals surface area (Å²) in [5.41, 5.74) is 2.04. The number of amides is 1. The van der Waals surface area contributed by atoms with Crippen molar-refractivity contribution in [2.75, 3.05) is 11.9 Å². The lowest BCUT2D eigenvalue weighted by Gasteiger charge is -2.13. The molecule has 0 saturated heterocycles. The van der Waals surface area contributed by atoms with Gasteiger partial charge in [0.05, 0.1) is 0 Å². The highest BCUT2D eigenvalue weighted by molar-refractivity contribution is 7.96. The Hall–Kier alpha value is -0.960. The number of benzene rings is 1. The van der Waals surface area contributed by atoms with Gasteiger partial charge in [-0.1, -0.05) is 30.3 Å². The highest BCUT2D eigenvalue weighted by Crippen LogP contribution is 2.14. The summed E-state index contributed by atoms with van der Waals surface area (Å²) in [4.78, 5) is 12.3. The molecule has 0 atom stereocenters. The quantitative estimate of drug-likeness (QED) is 0.660. The van der Waals surface area contributed by atoms with Crippen molar-refractivity contribution in [1.29, 1.82) is 0 Å². The van der Waals surface area contributed by atoms with Crippen molar-refractivity contribution in [3.8, 4) is 0 Å². The van der Waals surface area contributed by atoms with Crippen molar-refractivity contribution in [2.24, 2.45) is 0 Å². The van der Waals surface area contributed by atoms with Crippen molar-refractivity contribution >= 4 is 23.6 Å². The lowest BCUT2D eigenvalue weighted by atomic mass is 10.2. The van der Waals surface area contributed by atoms with Crippen molar-refractivity contribution in [3.63, 3.8) is 0 Å². The molecule has 12 heavy (non-hydrogen) atoms. The van der Waals surface area contributed by atoms with E-state index in [0.29, 0.717) is 0 Å². The highest BCUT2D eigenvalue weighted by atomic mass is 32.1. The first-order valence-corrected chi connectivity index (χ1v) is 4.09. The van der Waals surface area contributed by atoms with E-state index in [-0.39, 0.29) is 5.24 Å². The summed E-state index contributed by atoms with van der Waals surface area (Å²) in [7, 11) is 1.69. The number of thiol groups is 1. The van der Waals surface area contributed by atoms with Gasteiger partial charge in [-0.3, -0.25) is 4.79 Å². The number of anilines is 1. The van der Waals surface area contributed by atoms with E-state index in [0.717, 1.165) is 5.69 Å². The summed E-state index contributed by atoms with van der Waals surface area (Å²) in [6.45, 7) is 2.01. The van der Waals surface area contributed by atoms with E-state index in [4.69, 9.17) is 0 Å². The van der Waals surface area contributed by atoms with Crippen LogP contribution >= 0.6 is 12.6 Å². The van der Waals surface area contributed by atoms with Gasteiger partial charge in [0.1, 0.15) is 0 Å². The Labute approximate surface area is 77.6 Å². The summed E-state index contributed by atoms with van der Waals surface area (Å²) < 4.78 is 0. The second kappa shape index (κ2) is 3.63. The summed E-state index contributed by atoms with van der Waals surface area (Å²) in [6.07, 6.45) is 0. The molecular weight excluding hydrogens is 170 g/mol. The molecule has 0 fully saturated rings. The maximum absolute atomic E-state index is 10.8. The number of nitrogens with zero attached hydrogens (tertiary/aromatic N) is 1. The molecule has 0 bridgehead atoms. The molecule has 1 aromatic rings. The van der Waals surface area contributed by atoms with Crippen LogP contribution < -0.4 is 4.90 Å². The van der Waals surface area contributed by atoms with Gasteiger partial charge in [0, 0.05) is 12.7 Å². The molecule has 0 N–H and O–H groups in total. The smallest absolute Gasteiger partial charge is 0.282 e. The second-order valence-electron chi connectivity index (χ2n) is 2.68. The topological polar surface area (TPSA) is 20.3 Å². The monoisotopic (exact) mass is 181 g/mol. The molecule has 0 aromatic heterocycles. The van der Waals surface area contributed by atoms with Gasteiger partial charge >= 0.3 is 0 Å². The van der Waals surface area contributed by atoms with Gasteiger partial charge in [0.2, 0.25) is 0 Å². The minimum atomic E-state index is -0.251. The third-order valence-electron chi connectivity index (χ3n) is 1.71. The van der Waals surface area contributed by atoms with E-state index in [1.807, 2.05) is 31.2 Å². The van der Waals surface area contributed by atoms with E-state index in [1.54, 1.807) is 7.05 Å². The number of rotatable bonds is 1. The Morgan fingerprint density at radius 3 is 2.25 bits per heavy atom. The van der Waals surface area contributed by atoms with E-state index >= 15 is 0 Å². The van der Waals surface area contributed by atoms with Crippen LogP contribution in [0.15, 0.2) is 24.3 Å². The minimum Gasteiger partial charge on any atom is -0.307 e. The molecule has 0 heterocycles. The summed E-state index contributed by atoms with van der Waals surface area (Å²) >= 11 is 3.72. The molecule has 0 saturated carbocycles. The van der Waals surface area contributed by atoms with Crippen molar-refractivity contribution in [1.82, 2.24) is 0 Å². The first-order chi connectivity index (χ1) is 5.61. The van der Waals surface area contributed by atoms with Crippen LogP contribution in [0.2, 0.25) is 0 Å². The number of carbonyl (C=O) groups excluding carboxylic acids is 1. The van der Waals surface area contributed by atoms with E-state index < -0.39 is 0 Å². The molecule has 2 nitrogen and oxygen atoms in total. The Morgan fingerprint density at radius 1 is 1.33 bits per heavy atom. The van der Waals surface area contributed by atoms with E-state index in [2.05, 4.69) is 12.6 Å². The largest absolute Gasteiger partial charge is 0.307 e. The lowest BCUT2D eigenvalue weighted by Crippen LogP contribution is -2.19. The number of hydrogen-bond donors (Lipinski definition) is 1. The van der Waals surface area contributed by atoms with Crippen LogP contribution in [-0.4, -0.2) is 12.3 Å². The van der Waals surface area contributed by atoms with Gasteiger partial charge in [0.15, 0.2) is 0 Å². The van der Waals surface area contributed by atoms with Crippen molar-refractivity contribution in [3.05, 3.63) is 29.8 Å². The van der Waals surface area contributed by atoms with Crippen molar-refractivity contribution < 1.29 is 4.79 Å². The molecule has 0 aliphatic carbocycles. The van der Waals surface area contributed by atoms with Gasteiger partial charge < -0.3 is 4.90 Å². The van der Waals surface area contributed by atoms with Crippen LogP contribution in [0.3, 0.4) is 0 Å². The maximum atomic E-state index is 10.8. The highest BCUT2D eigenvalue weighted by Gasteiger charge is 2.04. The number of aryl methyl sites for hydroxylation is 1. The molecule has 1 aromatic carbocycles. The molecular formula is C9H11NOS. The standard InChI is InChI=1S/C9H11NOS/c1-7-3-5-8(6-4-7)10(2)9(11)12/h3-6H,1-2H3,(H,11,12). The van der Waals surface area contributed by atoms with E-state index in [1.165, 1.54) is 10.5 Å². The molecule has 0 aliphatic heterocycles. The fourth-order valence-corrected chi connectivity index (χ4v) is 0.994. The minimum absolute atomic E-state index is 0.251. The first kappa shape index (κ1) is 9.13. The SMILES string of the molecule is Cc1ccc(N(C)C(=O)S)cc1. The first-order valence-electron chi connectivity index (χ1n) is 3.64. The summed E-state index contributed by atoms with van der Waals surface area (Å²) in [5, 5.41) is -0.251. The molecule has 64 valence electrons. The summed E-state index contributed by atoms with van der Waals surface area (Å²) in [5.74, 6) is 0. The van der Waals surface area contributed by atoms with Gasteiger partial charge in [-0.25, -0.2) is 0 Å². The average Bonchev–Trinajstić information content (AvgIpc) is 2.04. The Kier molecular flexibility index (Phi) is 2.76. The number of hydrogen-bond acceptors (Lipinski definition) is 1. The zero-order chi connectivity index (χ0) is 9.14. The van der Waals surface area contributed by atoms with Crippen LogP contribution in [0, 0.1) is 6.92 Å². The van der Waals surface area contributed by atoms with Crippen molar-refractivity contribution in [2.45, 2.75) is 6.92 Å². The molecule has 0 radical (unpaired) electrons. The average molecular weight is 181 g/mol. The molecule has 0 spiro atoms. The van der Waals surface area contributed by atoms with Gasteiger partial charge in [-0.15, -0.1) is 0 Å². The second-order valence-corrected chi connectivity index (χ2v) is 3.06. The third kappa shape index (κ3) is 2.01. The number of carbonyl (C=O) groups is 1. The molecule has 1 rings (SSSR count). The Bertz CT molecular complexity index is 281. The predicted molar refractivity (Wildman–Crippen MR) is 54.0 cm³/mol. The van der Waals surface area contributed by atoms with Crippen LogP contribution in [0.4, 0.5) is 10.5 Å². The van der Waals surface area contributed by atoms with Gasteiger partial charge in [-0.2, -0.15) is 0 Å². The maximum Gasteiger partial charge on any atom is 0.282 e. The van der Waals surface area contributed by atoms with Crippen LogP contribution in [0.1, 0.15) is 5.56 Å². The zero-order valence-electron chi connectivity index (χ0n) is 7.11. The predicted octanol–water partition coefficient (Wildman–Crippen LogP) is 2.48. The van der Waals surface area contributed by atoms with Gasteiger partial charge in [0.25, 0.3) is 5.24 Å².